The van der Waals surface area contributed by atoms with Gasteiger partial charge < -0.3 is 15.0 Å². The predicted molar refractivity (Wildman–Crippen MR) is 133 cm³/mol. The maximum absolute atomic E-state index is 14.3. The minimum atomic E-state index is -0.790. The first kappa shape index (κ1) is 26.8. The topological polar surface area (TPSA) is 58.6 Å². The molecule has 0 radical (unpaired) electrons. The van der Waals surface area contributed by atoms with Gasteiger partial charge in [-0.25, -0.2) is 4.39 Å². The Bertz CT molecular complexity index is 974. The second-order valence-corrected chi connectivity index (χ2v) is 10.1. The Morgan fingerprint density at radius 3 is 2.39 bits per heavy atom. The normalized spacial score (nSPS) is 13.2. The van der Waals surface area contributed by atoms with Gasteiger partial charge >= 0.3 is 0 Å². The molecule has 33 heavy (non-hydrogen) atoms. The molecule has 0 aliphatic rings. The van der Waals surface area contributed by atoms with Crippen molar-refractivity contribution < 1.29 is 18.7 Å². The Balaban J connectivity index is 2.20. The van der Waals surface area contributed by atoms with E-state index in [0.29, 0.717) is 11.3 Å². The zero-order chi connectivity index (χ0) is 24.8. The van der Waals surface area contributed by atoms with Crippen molar-refractivity contribution in [1.29, 1.82) is 0 Å². The molecule has 2 aromatic carbocycles. The number of hydrogen-bond acceptors (Lipinski definition) is 3. The lowest BCUT2D eigenvalue weighted by molar-refractivity contribution is -0.142. The number of benzene rings is 2. The lowest BCUT2D eigenvalue weighted by atomic mass is 9.87. The molecule has 0 bridgehead atoms. The largest absolute Gasteiger partial charge is 0.483 e. The molecule has 2 amide bonds. The molecule has 2 aromatic rings. The molecule has 0 unspecified atom stereocenters. The average Bonchev–Trinajstić information content (AvgIpc) is 2.76. The van der Waals surface area contributed by atoms with E-state index in [0.717, 1.165) is 16.5 Å². The summed E-state index contributed by atoms with van der Waals surface area (Å²) in [6.45, 7) is 11.5. The molecule has 0 saturated carbocycles. The summed E-state index contributed by atoms with van der Waals surface area (Å²) in [4.78, 5) is 27.3. The van der Waals surface area contributed by atoms with Gasteiger partial charge in [0, 0.05) is 18.2 Å². The number of halogens is 2. The van der Waals surface area contributed by atoms with Crippen molar-refractivity contribution in [2.75, 3.05) is 6.61 Å². The van der Waals surface area contributed by atoms with Crippen LogP contribution < -0.4 is 10.1 Å². The fourth-order valence-electron chi connectivity index (χ4n) is 3.17. The van der Waals surface area contributed by atoms with Crippen molar-refractivity contribution in [3.8, 4) is 5.75 Å². The maximum atomic E-state index is 14.3. The minimum Gasteiger partial charge on any atom is -0.483 e. The third kappa shape index (κ3) is 7.56. The van der Waals surface area contributed by atoms with Crippen LogP contribution in [0.25, 0.3) is 0 Å². The zero-order valence-electron chi connectivity index (χ0n) is 20.2. The third-order valence-electron chi connectivity index (χ3n) is 5.62. The van der Waals surface area contributed by atoms with E-state index in [1.807, 2.05) is 32.0 Å². The molecule has 0 aliphatic heterocycles. The van der Waals surface area contributed by atoms with E-state index in [9.17, 15) is 14.0 Å². The molecule has 2 atom stereocenters. The van der Waals surface area contributed by atoms with Crippen molar-refractivity contribution in [1.82, 2.24) is 10.2 Å². The van der Waals surface area contributed by atoms with Gasteiger partial charge in [0.25, 0.3) is 5.91 Å². The summed E-state index contributed by atoms with van der Waals surface area (Å²) < 4.78 is 20.8. The molecule has 0 saturated heterocycles. The molecular formula is C26H34BrFN2O3. The van der Waals surface area contributed by atoms with E-state index < -0.39 is 17.8 Å². The lowest BCUT2D eigenvalue weighted by Gasteiger charge is -2.29. The third-order valence-corrected chi connectivity index (χ3v) is 6.24. The summed E-state index contributed by atoms with van der Waals surface area (Å²) >= 11 is 3.51. The average molecular weight is 521 g/mol. The highest BCUT2D eigenvalue weighted by molar-refractivity contribution is 9.10. The van der Waals surface area contributed by atoms with Crippen LogP contribution in [0.3, 0.4) is 0 Å². The molecule has 5 nitrogen and oxygen atoms in total. The van der Waals surface area contributed by atoms with Crippen molar-refractivity contribution in [3.05, 3.63) is 63.9 Å². The van der Waals surface area contributed by atoms with Crippen LogP contribution in [0.4, 0.5) is 4.39 Å². The number of rotatable bonds is 9. The lowest BCUT2D eigenvalue weighted by Crippen LogP contribution is -2.50. The van der Waals surface area contributed by atoms with Crippen LogP contribution in [0, 0.1) is 5.82 Å². The summed E-state index contributed by atoms with van der Waals surface area (Å²) in [5, 5.41) is 2.89. The van der Waals surface area contributed by atoms with Gasteiger partial charge in [-0.05, 0) is 65.4 Å². The van der Waals surface area contributed by atoms with E-state index in [2.05, 4.69) is 42.0 Å². The van der Waals surface area contributed by atoms with Crippen LogP contribution in [-0.2, 0) is 21.5 Å². The quantitative estimate of drug-likeness (QED) is 0.468. The Labute approximate surface area is 204 Å². The monoisotopic (exact) mass is 520 g/mol. The Hall–Kier alpha value is -2.41. The number of nitrogens with one attached hydrogen (secondary N) is 1. The molecule has 7 heteroatoms. The number of hydrogen-bond donors (Lipinski definition) is 1. The van der Waals surface area contributed by atoms with Gasteiger partial charge in [-0.1, -0.05) is 52.0 Å². The van der Waals surface area contributed by atoms with Crippen molar-refractivity contribution in [2.24, 2.45) is 0 Å². The first-order valence-corrected chi connectivity index (χ1v) is 12.0. The van der Waals surface area contributed by atoms with E-state index >= 15 is 0 Å². The molecule has 0 fully saturated rings. The van der Waals surface area contributed by atoms with Gasteiger partial charge in [-0.2, -0.15) is 0 Å². The number of carbonyl (C=O) groups is 2. The van der Waals surface area contributed by atoms with Gasteiger partial charge in [0.2, 0.25) is 5.91 Å². The fourth-order valence-corrected chi connectivity index (χ4v) is 3.66. The number of ether oxygens (including phenoxy) is 1. The van der Waals surface area contributed by atoms with E-state index in [4.69, 9.17) is 4.74 Å². The summed E-state index contributed by atoms with van der Waals surface area (Å²) in [6, 6.07) is 11.2. The molecule has 180 valence electrons. The van der Waals surface area contributed by atoms with Gasteiger partial charge in [-0.15, -0.1) is 0 Å². The summed E-state index contributed by atoms with van der Waals surface area (Å²) in [5.74, 6) is -0.591. The predicted octanol–water partition coefficient (Wildman–Crippen LogP) is 5.60. The molecular weight excluding hydrogens is 487 g/mol. The van der Waals surface area contributed by atoms with Gasteiger partial charge in [0.15, 0.2) is 6.61 Å². The highest BCUT2D eigenvalue weighted by Crippen LogP contribution is 2.31. The highest BCUT2D eigenvalue weighted by Gasteiger charge is 2.28. The highest BCUT2D eigenvalue weighted by atomic mass is 79.9. The molecule has 0 aromatic heterocycles. The minimum absolute atomic E-state index is 0.0220. The van der Waals surface area contributed by atoms with Gasteiger partial charge in [0.1, 0.15) is 17.6 Å². The first-order valence-electron chi connectivity index (χ1n) is 11.2. The second-order valence-electron chi connectivity index (χ2n) is 9.29. The summed E-state index contributed by atoms with van der Waals surface area (Å²) in [6.07, 6.45) is 0.765. The van der Waals surface area contributed by atoms with E-state index in [-0.39, 0.29) is 30.5 Å². The number of nitrogens with zero attached hydrogens (tertiary/aromatic N) is 1. The molecule has 2 rings (SSSR count). The summed E-state index contributed by atoms with van der Waals surface area (Å²) in [5.41, 5.74) is 1.44. The van der Waals surface area contributed by atoms with Crippen LogP contribution in [0.5, 0.6) is 5.75 Å². The maximum Gasteiger partial charge on any atom is 0.261 e. The number of amides is 2. The van der Waals surface area contributed by atoms with Crippen LogP contribution >= 0.6 is 15.9 Å². The molecule has 1 N–H and O–H groups in total. The van der Waals surface area contributed by atoms with E-state index in [1.54, 1.807) is 25.1 Å². The SMILES string of the molecule is CC[C@@H](C)NC(=O)[C@@H](C)N(Cc1ccccc1F)C(=O)COc1ccc(C(C)(C)C)cc1Br. The standard InChI is InChI=1S/C26H34BrFN2O3/c1-7-17(2)29-25(32)18(3)30(15-19-10-8-9-11-22(19)28)24(31)16-33-23-13-12-20(14-21(23)27)26(4,5)6/h8-14,17-18H,7,15-16H2,1-6H3,(H,29,32)/t17-,18-/m1/s1. The Morgan fingerprint density at radius 1 is 1.15 bits per heavy atom. The van der Waals surface area contributed by atoms with E-state index in [1.165, 1.54) is 11.0 Å². The second kappa shape index (κ2) is 11.6. The Kier molecular flexibility index (Phi) is 9.46. The summed E-state index contributed by atoms with van der Waals surface area (Å²) in [7, 11) is 0. The van der Waals surface area contributed by atoms with Gasteiger partial charge in [0.05, 0.1) is 4.47 Å². The number of carbonyl (C=O) groups excluding carboxylic acids is 2. The van der Waals surface area contributed by atoms with Crippen molar-refractivity contribution in [2.45, 2.75) is 72.0 Å². The first-order chi connectivity index (χ1) is 15.4. The van der Waals surface area contributed by atoms with Crippen molar-refractivity contribution in [3.63, 3.8) is 0 Å². The molecule has 0 spiro atoms. The van der Waals surface area contributed by atoms with Crippen LogP contribution in [0.1, 0.15) is 59.1 Å². The smallest absolute Gasteiger partial charge is 0.261 e. The van der Waals surface area contributed by atoms with Crippen LogP contribution in [-0.4, -0.2) is 35.4 Å². The van der Waals surface area contributed by atoms with Crippen molar-refractivity contribution >= 4 is 27.7 Å². The fraction of sp³-hybridized carbons (Fsp3) is 0.462. The molecule has 0 aliphatic carbocycles. The van der Waals surface area contributed by atoms with Crippen LogP contribution in [0.15, 0.2) is 46.9 Å². The van der Waals surface area contributed by atoms with Gasteiger partial charge in [-0.3, -0.25) is 9.59 Å². The van der Waals surface area contributed by atoms with Crippen LogP contribution in [0.2, 0.25) is 0 Å². The molecule has 0 heterocycles. The zero-order valence-corrected chi connectivity index (χ0v) is 21.8. The Morgan fingerprint density at radius 2 is 1.82 bits per heavy atom.